The molecule has 2 unspecified atom stereocenters. The number of hydrogen-bond acceptors (Lipinski definition) is 1. The molecule has 0 aliphatic carbocycles. The molecule has 0 bridgehead atoms. The molecule has 2 atom stereocenters. The maximum atomic E-state index is 13.9. The Morgan fingerprint density at radius 2 is 1.84 bits per heavy atom. The molecular formula is C16H25F2N. The lowest BCUT2D eigenvalue weighted by molar-refractivity contribution is 0.222. The van der Waals surface area contributed by atoms with Crippen LogP contribution in [0, 0.1) is 23.0 Å². The van der Waals surface area contributed by atoms with Crippen LogP contribution < -0.4 is 5.32 Å². The Kier molecular flexibility index (Phi) is 5.48. The zero-order chi connectivity index (χ0) is 14.6. The van der Waals surface area contributed by atoms with Gasteiger partial charge in [-0.2, -0.15) is 0 Å². The first kappa shape index (κ1) is 16.1. The van der Waals surface area contributed by atoms with Crippen LogP contribution in [-0.4, -0.2) is 6.54 Å². The Morgan fingerprint density at radius 1 is 1.21 bits per heavy atom. The van der Waals surface area contributed by atoms with Crippen LogP contribution in [-0.2, 0) is 0 Å². The highest BCUT2D eigenvalue weighted by Gasteiger charge is 2.25. The minimum Gasteiger partial charge on any atom is -0.310 e. The molecule has 0 spiro atoms. The highest BCUT2D eigenvalue weighted by Crippen LogP contribution is 2.34. The molecule has 0 saturated heterocycles. The van der Waals surface area contributed by atoms with Crippen LogP contribution >= 0.6 is 0 Å². The molecule has 1 N–H and O–H groups in total. The SMILES string of the molecule is CCNC(CC(C)C(C)(C)C)c1cc(F)ccc1F. The summed E-state index contributed by atoms with van der Waals surface area (Å²) in [6.07, 6.45) is 0.789. The van der Waals surface area contributed by atoms with Gasteiger partial charge in [-0.05, 0) is 42.5 Å². The minimum absolute atomic E-state index is 0.144. The monoisotopic (exact) mass is 269 g/mol. The highest BCUT2D eigenvalue weighted by atomic mass is 19.1. The van der Waals surface area contributed by atoms with E-state index in [0.29, 0.717) is 11.5 Å². The second-order valence-corrected chi connectivity index (χ2v) is 6.28. The zero-order valence-corrected chi connectivity index (χ0v) is 12.6. The van der Waals surface area contributed by atoms with Crippen LogP contribution in [0.4, 0.5) is 8.78 Å². The maximum absolute atomic E-state index is 13.9. The predicted octanol–water partition coefficient (Wildman–Crippen LogP) is 4.69. The number of hydrogen-bond donors (Lipinski definition) is 1. The molecule has 1 rings (SSSR count). The van der Waals surface area contributed by atoms with Crippen LogP contribution in [0.3, 0.4) is 0 Å². The molecule has 1 aromatic rings. The topological polar surface area (TPSA) is 12.0 Å². The largest absolute Gasteiger partial charge is 0.310 e. The average Bonchev–Trinajstić information content (AvgIpc) is 2.30. The fourth-order valence-corrected chi connectivity index (χ4v) is 2.06. The molecule has 1 aromatic carbocycles. The van der Waals surface area contributed by atoms with Gasteiger partial charge < -0.3 is 5.32 Å². The van der Waals surface area contributed by atoms with Gasteiger partial charge in [-0.25, -0.2) is 8.78 Å². The maximum Gasteiger partial charge on any atom is 0.128 e. The molecule has 19 heavy (non-hydrogen) atoms. The van der Waals surface area contributed by atoms with Gasteiger partial charge in [0.2, 0.25) is 0 Å². The van der Waals surface area contributed by atoms with Crippen LogP contribution in [0.25, 0.3) is 0 Å². The van der Waals surface area contributed by atoms with Crippen molar-refractivity contribution in [1.29, 1.82) is 0 Å². The summed E-state index contributed by atoms with van der Waals surface area (Å²) in [5.41, 5.74) is 0.579. The van der Waals surface area contributed by atoms with E-state index in [2.05, 4.69) is 33.0 Å². The minimum atomic E-state index is -0.386. The Balaban J connectivity index is 2.97. The van der Waals surface area contributed by atoms with E-state index in [1.165, 1.54) is 12.1 Å². The summed E-state index contributed by atoms with van der Waals surface area (Å²) in [4.78, 5) is 0. The molecule has 108 valence electrons. The Hall–Kier alpha value is -0.960. The summed E-state index contributed by atoms with van der Waals surface area (Å²) in [6.45, 7) is 11.4. The molecule has 0 amide bonds. The molecular weight excluding hydrogens is 244 g/mol. The second-order valence-electron chi connectivity index (χ2n) is 6.28. The highest BCUT2D eigenvalue weighted by molar-refractivity contribution is 5.22. The summed E-state index contributed by atoms with van der Waals surface area (Å²) >= 11 is 0. The molecule has 0 aromatic heterocycles. The zero-order valence-electron chi connectivity index (χ0n) is 12.6. The quantitative estimate of drug-likeness (QED) is 0.818. The first-order valence-electron chi connectivity index (χ1n) is 6.94. The van der Waals surface area contributed by atoms with E-state index in [9.17, 15) is 8.78 Å². The summed E-state index contributed by atoms with van der Waals surface area (Å²) < 4.78 is 27.2. The van der Waals surface area contributed by atoms with Crippen LogP contribution in [0.5, 0.6) is 0 Å². The van der Waals surface area contributed by atoms with E-state index >= 15 is 0 Å². The van der Waals surface area contributed by atoms with Gasteiger partial charge >= 0.3 is 0 Å². The summed E-state index contributed by atoms with van der Waals surface area (Å²) in [6, 6.07) is 3.53. The van der Waals surface area contributed by atoms with Crippen molar-refractivity contribution < 1.29 is 8.78 Å². The predicted molar refractivity (Wildman–Crippen MR) is 76.0 cm³/mol. The molecule has 0 aliphatic heterocycles. The van der Waals surface area contributed by atoms with Gasteiger partial charge in [0.1, 0.15) is 11.6 Å². The van der Waals surface area contributed by atoms with Crippen molar-refractivity contribution in [3.63, 3.8) is 0 Å². The van der Waals surface area contributed by atoms with Gasteiger partial charge in [0.15, 0.2) is 0 Å². The molecule has 0 saturated carbocycles. The lowest BCUT2D eigenvalue weighted by Crippen LogP contribution is -2.28. The molecule has 0 fully saturated rings. The van der Waals surface area contributed by atoms with Crippen LogP contribution in [0.1, 0.15) is 52.6 Å². The van der Waals surface area contributed by atoms with Crippen molar-refractivity contribution in [2.45, 2.75) is 47.1 Å². The molecule has 3 heteroatoms. The lowest BCUT2D eigenvalue weighted by Gasteiger charge is -2.31. The Labute approximate surface area is 115 Å². The Bertz CT molecular complexity index is 410. The number of rotatable bonds is 5. The molecule has 1 nitrogen and oxygen atoms in total. The third kappa shape index (κ3) is 4.57. The first-order chi connectivity index (χ1) is 8.75. The summed E-state index contributed by atoms with van der Waals surface area (Å²) in [5, 5.41) is 3.26. The van der Waals surface area contributed by atoms with E-state index in [4.69, 9.17) is 0 Å². The second kappa shape index (κ2) is 6.47. The summed E-state index contributed by atoms with van der Waals surface area (Å²) in [7, 11) is 0. The third-order valence-electron chi connectivity index (χ3n) is 3.85. The van der Waals surface area contributed by atoms with Crippen molar-refractivity contribution in [1.82, 2.24) is 5.32 Å². The molecule has 0 radical (unpaired) electrons. The normalized spacial score (nSPS) is 15.3. The van der Waals surface area contributed by atoms with Crippen LogP contribution in [0.2, 0.25) is 0 Å². The molecule has 0 aliphatic rings. The van der Waals surface area contributed by atoms with Gasteiger partial charge in [-0.3, -0.25) is 0 Å². The van der Waals surface area contributed by atoms with Gasteiger partial charge in [0.05, 0.1) is 0 Å². The van der Waals surface area contributed by atoms with E-state index in [1.807, 2.05) is 6.92 Å². The smallest absolute Gasteiger partial charge is 0.128 e. The van der Waals surface area contributed by atoms with Crippen molar-refractivity contribution in [3.05, 3.63) is 35.4 Å². The Morgan fingerprint density at radius 3 is 2.37 bits per heavy atom. The van der Waals surface area contributed by atoms with Crippen molar-refractivity contribution in [2.75, 3.05) is 6.54 Å². The van der Waals surface area contributed by atoms with Crippen molar-refractivity contribution >= 4 is 0 Å². The van der Waals surface area contributed by atoms with Gasteiger partial charge in [0.25, 0.3) is 0 Å². The van der Waals surface area contributed by atoms with Crippen molar-refractivity contribution in [3.8, 4) is 0 Å². The van der Waals surface area contributed by atoms with Gasteiger partial charge in [0, 0.05) is 11.6 Å². The number of halogens is 2. The third-order valence-corrected chi connectivity index (χ3v) is 3.85. The lowest BCUT2D eigenvalue weighted by atomic mass is 9.77. The summed E-state index contributed by atoms with van der Waals surface area (Å²) in [5.74, 6) is -0.324. The van der Waals surface area contributed by atoms with Crippen LogP contribution in [0.15, 0.2) is 18.2 Å². The fourth-order valence-electron chi connectivity index (χ4n) is 2.06. The van der Waals surface area contributed by atoms with Crippen molar-refractivity contribution in [2.24, 2.45) is 11.3 Å². The van der Waals surface area contributed by atoms with Gasteiger partial charge in [-0.1, -0.05) is 34.6 Å². The average molecular weight is 269 g/mol. The van der Waals surface area contributed by atoms with E-state index in [0.717, 1.165) is 19.0 Å². The number of benzene rings is 1. The van der Waals surface area contributed by atoms with E-state index in [1.54, 1.807) is 0 Å². The van der Waals surface area contributed by atoms with Gasteiger partial charge in [-0.15, -0.1) is 0 Å². The standard InChI is InChI=1S/C16H25F2N/c1-6-19-15(9-11(2)16(3,4)5)13-10-12(17)7-8-14(13)18/h7-8,10-11,15,19H,6,9H2,1-5H3. The number of nitrogens with one attached hydrogen (secondary N) is 1. The molecule has 0 heterocycles. The first-order valence-corrected chi connectivity index (χ1v) is 6.94. The van der Waals surface area contributed by atoms with E-state index in [-0.39, 0.29) is 23.1 Å². The van der Waals surface area contributed by atoms with E-state index < -0.39 is 0 Å². The fraction of sp³-hybridized carbons (Fsp3) is 0.625.